The van der Waals surface area contributed by atoms with Crippen LogP contribution in [0.15, 0.2) is 30.5 Å². The van der Waals surface area contributed by atoms with Crippen molar-refractivity contribution in [2.24, 2.45) is 0 Å². The van der Waals surface area contributed by atoms with E-state index in [1.54, 1.807) is 23.0 Å². The second-order valence-corrected chi connectivity index (χ2v) is 6.10. The Labute approximate surface area is 145 Å². The zero-order valence-corrected chi connectivity index (χ0v) is 14.6. The number of halogens is 1. The summed E-state index contributed by atoms with van der Waals surface area (Å²) in [5.74, 6) is -0.181. The van der Waals surface area contributed by atoms with Crippen molar-refractivity contribution in [3.63, 3.8) is 0 Å². The molecule has 2 aromatic rings. The third kappa shape index (κ3) is 4.83. The number of nitrogens with zero attached hydrogens (tertiary/aromatic N) is 2. The average Bonchev–Trinajstić information content (AvgIpc) is 2.96. The van der Waals surface area contributed by atoms with Gasteiger partial charge in [0, 0.05) is 24.5 Å². The summed E-state index contributed by atoms with van der Waals surface area (Å²) in [6, 6.07) is 7.33. The Hall–Kier alpha value is -2.34. The van der Waals surface area contributed by atoms with Gasteiger partial charge in [-0.05, 0) is 31.5 Å². The molecule has 0 atom stereocenters. The van der Waals surface area contributed by atoms with E-state index in [0.717, 1.165) is 5.56 Å². The van der Waals surface area contributed by atoms with E-state index < -0.39 is 0 Å². The predicted octanol–water partition coefficient (Wildman–Crippen LogP) is 3.02. The van der Waals surface area contributed by atoms with Crippen molar-refractivity contribution >= 4 is 23.3 Å². The molecule has 0 fully saturated rings. The highest BCUT2D eigenvalue weighted by Gasteiger charge is 2.17. The van der Waals surface area contributed by atoms with Crippen LogP contribution in [0, 0.1) is 0 Å². The summed E-state index contributed by atoms with van der Waals surface area (Å²) in [5.41, 5.74) is 1.12. The number of amides is 1. The first-order valence-electron chi connectivity index (χ1n) is 7.61. The largest absolute Gasteiger partial charge is 0.480 e. The molecule has 0 unspecified atom stereocenters. The number of benzene rings is 1. The van der Waals surface area contributed by atoms with Crippen molar-refractivity contribution in [1.82, 2.24) is 15.1 Å². The number of rotatable bonds is 7. The molecule has 1 N–H and O–H groups in total. The highest BCUT2D eigenvalue weighted by molar-refractivity contribution is 6.30. The molecular formula is C17H20ClN3O3. The van der Waals surface area contributed by atoms with Crippen molar-refractivity contribution in [2.75, 3.05) is 6.61 Å². The monoisotopic (exact) mass is 349 g/mol. The van der Waals surface area contributed by atoms with Crippen LogP contribution in [0.2, 0.25) is 5.02 Å². The van der Waals surface area contributed by atoms with Crippen LogP contribution in [0.5, 0.6) is 5.75 Å². The summed E-state index contributed by atoms with van der Waals surface area (Å²) in [7, 11) is 0. The molecule has 1 amide bonds. The first-order valence-corrected chi connectivity index (χ1v) is 7.98. The summed E-state index contributed by atoms with van der Waals surface area (Å²) in [5, 5.41) is 7.54. The second-order valence-electron chi connectivity index (χ2n) is 5.67. The van der Waals surface area contributed by atoms with Crippen LogP contribution in [0.1, 0.15) is 42.9 Å². The Morgan fingerprint density at radius 3 is 2.75 bits per heavy atom. The molecule has 0 saturated heterocycles. The normalized spacial score (nSPS) is 10.7. The number of ether oxygens (including phenoxy) is 1. The fraction of sp³-hybridized carbons (Fsp3) is 0.353. The standard InChI is InChI=1S/C17H20ClN3O3/c1-11(2)21-9-15(17(20-21)12(3)22)24-10-16(23)19-8-13-5-4-6-14(18)7-13/h4-7,9,11H,8,10H2,1-3H3,(H,19,23). The molecule has 0 aliphatic carbocycles. The van der Waals surface area contributed by atoms with Gasteiger partial charge in [-0.3, -0.25) is 14.3 Å². The molecule has 7 heteroatoms. The van der Waals surface area contributed by atoms with Gasteiger partial charge in [0.15, 0.2) is 23.8 Å². The maximum Gasteiger partial charge on any atom is 0.258 e. The maximum absolute atomic E-state index is 11.9. The van der Waals surface area contributed by atoms with Gasteiger partial charge >= 0.3 is 0 Å². The van der Waals surface area contributed by atoms with E-state index in [1.165, 1.54) is 6.92 Å². The number of hydrogen-bond acceptors (Lipinski definition) is 4. The first kappa shape index (κ1) is 18.0. The van der Waals surface area contributed by atoms with Gasteiger partial charge in [0.1, 0.15) is 0 Å². The fourth-order valence-corrected chi connectivity index (χ4v) is 2.24. The maximum atomic E-state index is 11.9. The number of Topliss-reactive ketones (excluding diaryl/α,β-unsaturated/α-hetero) is 1. The lowest BCUT2D eigenvalue weighted by Gasteiger charge is -2.07. The summed E-state index contributed by atoms with van der Waals surface area (Å²) < 4.78 is 7.10. The van der Waals surface area contributed by atoms with Crippen LogP contribution in [-0.2, 0) is 11.3 Å². The van der Waals surface area contributed by atoms with Gasteiger partial charge in [-0.25, -0.2) is 0 Å². The summed E-state index contributed by atoms with van der Waals surface area (Å²) in [6.07, 6.45) is 1.63. The summed E-state index contributed by atoms with van der Waals surface area (Å²) in [6.45, 7) is 5.47. The molecule has 0 radical (unpaired) electrons. The minimum absolute atomic E-state index is 0.0945. The van der Waals surface area contributed by atoms with Gasteiger partial charge < -0.3 is 10.1 Å². The van der Waals surface area contributed by atoms with Crippen molar-refractivity contribution in [3.8, 4) is 5.75 Å². The van der Waals surface area contributed by atoms with Crippen LogP contribution < -0.4 is 10.1 Å². The molecule has 0 spiro atoms. The number of ketones is 1. The molecule has 0 aliphatic rings. The molecule has 0 aliphatic heterocycles. The molecule has 6 nitrogen and oxygen atoms in total. The van der Waals surface area contributed by atoms with E-state index in [2.05, 4.69) is 10.4 Å². The van der Waals surface area contributed by atoms with Crippen LogP contribution in [-0.4, -0.2) is 28.1 Å². The fourth-order valence-electron chi connectivity index (χ4n) is 2.03. The third-order valence-corrected chi connectivity index (χ3v) is 3.53. The van der Waals surface area contributed by atoms with E-state index >= 15 is 0 Å². The Morgan fingerprint density at radius 2 is 2.12 bits per heavy atom. The number of carbonyl (C=O) groups is 2. The van der Waals surface area contributed by atoms with Crippen molar-refractivity contribution in [2.45, 2.75) is 33.4 Å². The Kier molecular flexibility index (Phi) is 5.98. The van der Waals surface area contributed by atoms with E-state index in [-0.39, 0.29) is 30.0 Å². The number of carbonyl (C=O) groups excluding carboxylic acids is 2. The lowest BCUT2D eigenvalue weighted by atomic mass is 10.2. The Bertz CT molecular complexity index is 740. The smallest absolute Gasteiger partial charge is 0.258 e. The molecule has 0 saturated carbocycles. The lowest BCUT2D eigenvalue weighted by Crippen LogP contribution is -2.28. The van der Waals surface area contributed by atoms with Crippen LogP contribution >= 0.6 is 11.6 Å². The van der Waals surface area contributed by atoms with Crippen LogP contribution in [0.4, 0.5) is 0 Å². The Balaban J connectivity index is 1.92. The number of hydrogen-bond donors (Lipinski definition) is 1. The molecule has 1 aromatic heterocycles. The van der Waals surface area contributed by atoms with Crippen molar-refractivity contribution < 1.29 is 14.3 Å². The molecule has 0 bridgehead atoms. The van der Waals surface area contributed by atoms with Crippen molar-refractivity contribution in [1.29, 1.82) is 0 Å². The van der Waals surface area contributed by atoms with Gasteiger partial charge in [-0.2, -0.15) is 5.10 Å². The Morgan fingerprint density at radius 1 is 1.38 bits per heavy atom. The highest BCUT2D eigenvalue weighted by atomic mass is 35.5. The van der Waals surface area contributed by atoms with Crippen LogP contribution in [0.3, 0.4) is 0 Å². The predicted molar refractivity (Wildman–Crippen MR) is 91.4 cm³/mol. The SMILES string of the molecule is CC(=O)c1nn(C(C)C)cc1OCC(=O)NCc1cccc(Cl)c1. The molecule has 1 aromatic carbocycles. The van der Waals surface area contributed by atoms with Crippen molar-refractivity contribution in [3.05, 3.63) is 46.7 Å². The molecule has 1 heterocycles. The van der Waals surface area contributed by atoms with E-state index in [4.69, 9.17) is 16.3 Å². The molecule has 128 valence electrons. The van der Waals surface area contributed by atoms with Gasteiger partial charge in [-0.15, -0.1) is 0 Å². The van der Waals surface area contributed by atoms with Gasteiger partial charge in [0.05, 0.1) is 6.20 Å². The second kappa shape index (κ2) is 7.97. The molecular weight excluding hydrogens is 330 g/mol. The zero-order valence-electron chi connectivity index (χ0n) is 13.9. The highest BCUT2D eigenvalue weighted by Crippen LogP contribution is 2.20. The molecule has 24 heavy (non-hydrogen) atoms. The van der Waals surface area contributed by atoms with E-state index in [0.29, 0.717) is 17.3 Å². The van der Waals surface area contributed by atoms with Gasteiger partial charge in [0.2, 0.25) is 0 Å². The minimum Gasteiger partial charge on any atom is -0.480 e. The van der Waals surface area contributed by atoms with E-state index in [9.17, 15) is 9.59 Å². The number of nitrogens with one attached hydrogen (secondary N) is 1. The van der Waals surface area contributed by atoms with Gasteiger partial charge in [-0.1, -0.05) is 23.7 Å². The lowest BCUT2D eigenvalue weighted by molar-refractivity contribution is -0.123. The first-order chi connectivity index (χ1) is 11.4. The zero-order chi connectivity index (χ0) is 17.7. The minimum atomic E-state index is -0.290. The summed E-state index contributed by atoms with van der Waals surface area (Å²) >= 11 is 5.90. The summed E-state index contributed by atoms with van der Waals surface area (Å²) in [4.78, 5) is 23.5. The van der Waals surface area contributed by atoms with E-state index in [1.807, 2.05) is 26.0 Å². The number of aromatic nitrogens is 2. The van der Waals surface area contributed by atoms with Gasteiger partial charge in [0.25, 0.3) is 5.91 Å². The van der Waals surface area contributed by atoms with Crippen LogP contribution in [0.25, 0.3) is 0 Å². The topological polar surface area (TPSA) is 73.2 Å². The molecule has 2 rings (SSSR count). The quantitative estimate of drug-likeness (QED) is 0.780. The third-order valence-electron chi connectivity index (χ3n) is 3.30. The average molecular weight is 350 g/mol.